The molecule has 0 saturated heterocycles. The number of nitrogens with zero attached hydrogens (tertiary/aromatic N) is 2. The molecule has 0 aliphatic heterocycles. The van der Waals surface area contributed by atoms with Gasteiger partial charge < -0.3 is 5.32 Å². The Morgan fingerprint density at radius 3 is 2.78 bits per heavy atom. The number of hydrogen-bond acceptors (Lipinski definition) is 6. The van der Waals surface area contributed by atoms with Crippen molar-refractivity contribution in [1.29, 1.82) is 0 Å². The van der Waals surface area contributed by atoms with Gasteiger partial charge in [0, 0.05) is 16.5 Å². The fourth-order valence-electron chi connectivity index (χ4n) is 1.40. The minimum absolute atomic E-state index is 0.746. The predicted molar refractivity (Wildman–Crippen MR) is 80.0 cm³/mol. The first kappa shape index (κ1) is 14.1. The van der Waals surface area contributed by atoms with Crippen LogP contribution in [0.4, 0.5) is 0 Å². The third kappa shape index (κ3) is 3.39. The molecule has 1 N–H and O–H groups in total. The highest BCUT2D eigenvalue weighted by Crippen LogP contribution is 2.36. The van der Waals surface area contributed by atoms with Crippen LogP contribution in [0.2, 0.25) is 5.02 Å². The van der Waals surface area contributed by atoms with Crippen LogP contribution in [0.25, 0.3) is 0 Å². The molecule has 0 aliphatic rings. The first-order valence-corrected chi connectivity index (χ1v) is 8.45. The Morgan fingerprint density at radius 1 is 1.33 bits per heavy atom. The second-order valence-electron chi connectivity index (χ2n) is 3.39. The molecule has 2 aromatic rings. The van der Waals surface area contributed by atoms with Crippen molar-refractivity contribution in [3.8, 4) is 0 Å². The fraction of sp³-hybridized carbons (Fsp3) is 0.273. The van der Waals surface area contributed by atoms with Gasteiger partial charge in [-0.15, -0.1) is 10.2 Å². The Bertz CT molecular complexity index is 530. The van der Waals surface area contributed by atoms with Gasteiger partial charge in [-0.25, -0.2) is 0 Å². The van der Waals surface area contributed by atoms with Crippen LogP contribution in [0, 0.1) is 0 Å². The normalized spacial score (nSPS) is 10.8. The van der Waals surface area contributed by atoms with Gasteiger partial charge in [-0.3, -0.25) is 0 Å². The lowest BCUT2D eigenvalue weighted by Crippen LogP contribution is -2.06. The molecule has 0 amide bonds. The molecule has 18 heavy (non-hydrogen) atoms. The predicted octanol–water partition coefficient (Wildman–Crippen LogP) is 3.78. The fourth-order valence-corrected chi connectivity index (χ4v) is 4.25. The SMILES string of the molecule is CNCc1c(Cl)cccc1Sc1nnc(SC)s1. The van der Waals surface area contributed by atoms with Crippen LogP contribution in [-0.2, 0) is 6.54 Å². The van der Waals surface area contributed by atoms with Crippen molar-refractivity contribution in [3.05, 3.63) is 28.8 Å². The lowest BCUT2D eigenvalue weighted by Gasteiger charge is -2.08. The van der Waals surface area contributed by atoms with Crippen LogP contribution in [0.3, 0.4) is 0 Å². The van der Waals surface area contributed by atoms with Crippen LogP contribution in [0.1, 0.15) is 5.56 Å². The molecule has 3 nitrogen and oxygen atoms in total. The molecular weight excluding hydrogens is 306 g/mol. The van der Waals surface area contributed by atoms with E-state index < -0.39 is 0 Å². The quantitative estimate of drug-likeness (QED) is 0.849. The zero-order valence-corrected chi connectivity index (χ0v) is 13.1. The Balaban J connectivity index is 2.25. The summed E-state index contributed by atoms with van der Waals surface area (Å²) in [6, 6.07) is 5.93. The molecular formula is C11H12ClN3S3. The van der Waals surface area contributed by atoms with E-state index in [9.17, 15) is 0 Å². The van der Waals surface area contributed by atoms with Crippen molar-refractivity contribution in [3.63, 3.8) is 0 Å². The minimum Gasteiger partial charge on any atom is -0.316 e. The maximum atomic E-state index is 6.22. The molecule has 0 fully saturated rings. The van der Waals surface area contributed by atoms with E-state index in [0.717, 1.165) is 30.7 Å². The summed E-state index contributed by atoms with van der Waals surface area (Å²) in [4.78, 5) is 1.13. The smallest absolute Gasteiger partial charge is 0.179 e. The molecule has 0 atom stereocenters. The first-order chi connectivity index (χ1) is 8.74. The molecule has 0 saturated carbocycles. The van der Waals surface area contributed by atoms with E-state index >= 15 is 0 Å². The first-order valence-electron chi connectivity index (χ1n) is 5.22. The van der Waals surface area contributed by atoms with Gasteiger partial charge >= 0.3 is 0 Å². The Labute approximate surface area is 124 Å². The summed E-state index contributed by atoms with van der Waals surface area (Å²) in [7, 11) is 1.91. The molecule has 0 spiro atoms. The van der Waals surface area contributed by atoms with Crippen LogP contribution in [0.5, 0.6) is 0 Å². The van der Waals surface area contributed by atoms with Gasteiger partial charge in [0.15, 0.2) is 8.68 Å². The molecule has 2 rings (SSSR count). The summed E-state index contributed by atoms with van der Waals surface area (Å²) >= 11 is 11.0. The van der Waals surface area contributed by atoms with Crippen molar-refractivity contribution in [2.75, 3.05) is 13.3 Å². The van der Waals surface area contributed by atoms with Crippen LogP contribution in [-0.4, -0.2) is 23.5 Å². The van der Waals surface area contributed by atoms with Crippen molar-refractivity contribution < 1.29 is 0 Å². The number of halogens is 1. The van der Waals surface area contributed by atoms with Gasteiger partial charge in [0.25, 0.3) is 0 Å². The van der Waals surface area contributed by atoms with Gasteiger partial charge in [0.2, 0.25) is 0 Å². The zero-order chi connectivity index (χ0) is 13.0. The molecule has 1 heterocycles. The standard InChI is InChI=1S/C11H12ClN3S3/c1-13-6-7-8(12)4-3-5-9(7)17-11-15-14-10(16-2)18-11/h3-5,13H,6H2,1-2H3. The highest BCUT2D eigenvalue weighted by molar-refractivity contribution is 8.03. The maximum absolute atomic E-state index is 6.22. The number of hydrogen-bond donors (Lipinski definition) is 1. The van der Waals surface area contributed by atoms with Crippen LogP contribution < -0.4 is 5.32 Å². The lowest BCUT2D eigenvalue weighted by molar-refractivity contribution is 0.803. The average molecular weight is 318 g/mol. The van der Waals surface area contributed by atoms with Crippen LogP contribution >= 0.6 is 46.5 Å². The van der Waals surface area contributed by atoms with Crippen molar-refractivity contribution in [2.24, 2.45) is 0 Å². The number of thioether (sulfide) groups is 1. The van der Waals surface area contributed by atoms with E-state index in [1.165, 1.54) is 0 Å². The van der Waals surface area contributed by atoms with Crippen LogP contribution in [0.15, 0.2) is 31.8 Å². The Kier molecular flexibility index (Phi) is 5.32. The molecule has 0 aliphatic carbocycles. The van der Waals surface area contributed by atoms with E-state index in [-0.39, 0.29) is 0 Å². The van der Waals surface area contributed by atoms with Gasteiger partial charge in [-0.05, 0) is 31.0 Å². The van der Waals surface area contributed by atoms with Crippen molar-refractivity contribution in [2.45, 2.75) is 20.1 Å². The molecule has 0 unspecified atom stereocenters. The maximum Gasteiger partial charge on any atom is 0.179 e. The Hall–Kier alpha value is -0.270. The van der Waals surface area contributed by atoms with Gasteiger partial charge in [0.05, 0.1) is 0 Å². The molecule has 0 radical (unpaired) electrons. The molecule has 1 aromatic carbocycles. The van der Waals surface area contributed by atoms with Gasteiger partial charge in [-0.2, -0.15) is 0 Å². The third-order valence-electron chi connectivity index (χ3n) is 2.19. The lowest BCUT2D eigenvalue weighted by atomic mass is 10.2. The second kappa shape index (κ2) is 6.77. The summed E-state index contributed by atoms with van der Waals surface area (Å²) < 4.78 is 1.92. The van der Waals surface area contributed by atoms with E-state index in [4.69, 9.17) is 11.6 Å². The van der Waals surface area contributed by atoms with E-state index in [1.807, 2.05) is 25.4 Å². The number of aromatic nitrogens is 2. The second-order valence-corrected chi connectivity index (χ2v) is 7.11. The minimum atomic E-state index is 0.746. The van der Waals surface area contributed by atoms with E-state index in [0.29, 0.717) is 0 Å². The summed E-state index contributed by atoms with van der Waals surface area (Å²) in [5.74, 6) is 0. The van der Waals surface area contributed by atoms with E-state index in [1.54, 1.807) is 34.9 Å². The average Bonchev–Trinajstić information content (AvgIpc) is 2.81. The van der Waals surface area contributed by atoms with Gasteiger partial charge in [-0.1, -0.05) is 52.5 Å². The largest absolute Gasteiger partial charge is 0.316 e. The molecule has 96 valence electrons. The molecule has 0 bridgehead atoms. The molecule has 7 heteroatoms. The third-order valence-corrected chi connectivity index (χ3v) is 5.60. The summed E-state index contributed by atoms with van der Waals surface area (Å²) in [5.41, 5.74) is 1.10. The number of rotatable bonds is 5. The Morgan fingerprint density at radius 2 is 2.11 bits per heavy atom. The summed E-state index contributed by atoms with van der Waals surface area (Å²) in [6.45, 7) is 0.746. The monoisotopic (exact) mass is 317 g/mol. The van der Waals surface area contributed by atoms with E-state index in [2.05, 4.69) is 21.6 Å². The highest BCUT2D eigenvalue weighted by Gasteiger charge is 2.11. The zero-order valence-electron chi connectivity index (χ0n) is 9.94. The van der Waals surface area contributed by atoms with Crippen molar-refractivity contribution in [1.82, 2.24) is 15.5 Å². The summed E-state index contributed by atoms with van der Waals surface area (Å²) in [6.07, 6.45) is 2.00. The highest BCUT2D eigenvalue weighted by atomic mass is 35.5. The number of nitrogens with one attached hydrogen (secondary N) is 1. The van der Waals surface area contributed by atoms with Crippen molar-refractivity contribution >= 4 is 46.5 Å². The summed E-state index contributed by atoms with van der Waals surface area (Å²) in [5, 5.41) is 12.2. The molecule has 1 aromatic heterocycles. The number of benzene rings is 1. The topological polar surface area (TPSA) is 37.8 Å². The van der Waals surface area contributed by atoms with Gasteiger partial charge in [0.1, 0.15) is 0 Å².